The van der Waals surface area contributed by atoms with Crippen molar-refractivity contribution in [3.63, 3.8) is 0 Å². The predicted molar refractivity (Wildman–Crippen MR) is 137 cm³/mol. The summed E-state index contributed by atoms with van der Waals surface area (Å²) in [7, 11) is 0. The van der Waals surface area contributed by atoms with E-state index in [0.29, 0.717) is 29.0 Å². The second-order valence-corrected chi connectivity index (χ2v) is 9.24. The molecule has 0 fully saturated rings. The average Bonchev–Trinajstić information content (AvgIpc) is 2.85. The number of rotatable bonds is 13. The number of aryl methyl sites for hydroxylation is 1. The molecule has 0 spiro atoms. The second-order valence-electron chi connectivity index (χ2n) is 9.24. The molecular weight excluding hydrogens is 410 g/mol. The topological polar surface area (TPSA) is 0 Å². The van der Waals surface area contributed by atoms with Crippen LogP contribution in [0, 0.1) is 17.6 Å². The fourth-order valence-corrected chi connectivity index (χ4v) is 4.67. The first-order valence-electron chi connectivity index (χ1n) is 12.8. The van der Waals surface area contributed by atoms with Crippen LogP contribution in [0.4, 0.5) is 8.78 Å². The highest BCUT2D eigenvalue weighted by molar-refractivity contribution is 5.71. The van der Waals surface area contributed by atoms with E-state index in [1.54, 1.807) is 12.1 Å². The van der Waals surface area contributed by atoms with Gasteiger partial charge in [0.15, 0.2) is 11.6 Å². The molecule has 0 N–H and O–H groups in total. The third-order valence-electron chi connectivity index (χ3n) is 6.71. The van der Waals surface area contributed by atoms with Crippen molar-refractivity contribution in [2.45, 2.75) is 78.1 Å². The van der Waals surface area contributed by atoms with E-state index >= 15 is 0 Å². The molecule has 1 atom stereocenters. The van der Waals surface area contributed by atoms with E-state index in [1.807, 2.05) is 54.6 Å². The third-order valence-corrected chi connectivity index (χ3v) is 6.71. The Balaban J connectivity index is 1.63. The molecule has 0 aliphatic rings. The summed E-state index contributed by atoms with van der Waals surface area (Å²) in [6.07, 6.45) is 11.4. The molecule has 0 amide bonds. The monoisotopic (exact) mass is 448 g/mol. The lowest BCUT2D eigenvalue weighted by molar-refractivity contribution is 0.379. The summed E-state index contributed by atoms with van der Waals surface area (Å²) in [5.74, 6) is -0.701. The number of hydrogen-bond donors (Lipinski definition) is 0. The molecule has 33 heavy (non-hydrogen) atoms. The van der Waals surface area contributed by atoms with Gasteiger partial charge in [0, 0.05) is 5.56 Å². The fourth-order valence-electron chi connectivity index (χ4n) is 4.67. The first-order valence-corrected chi connectivity index (χ1v) is 12.8. The standard InChI is InChI=1S/C31H38F2/c1-3-5-8-13-24(12-6-4-2)14-11-17-28-22-23-29(31(33)30(28)32)27-20-18-26(19-21-27)25-15-9-7-10-16-25/h7,9-10,15-16,18-24H,3-6,8,11-14,17H2,1-2H3. The van der Waals surface area contributed by atoms with Gasteiger partial charge in [-0.1, -0.05) is 132 Å². The number of hydrogen-bond acceptors (Lipinski definition) is 0. The van der Waals surface area contributed by atoms with Crippen LogP contribution >= 0.6 is 0 Å². The van der Waals surface area contributed by atoms with Crippen molar-refractivity contribution in [1.29, 1.82) is 0 Å². The summed E-state index contributed by atoms with van der Waals surface area (Å²) in [6.45, 7) is 4.47. The fraction of sp³-hybridized carbons (Fsp3) is 0.419. The van der Waals surface area contributed by atoms with Gasteiger partial charge in [0.05, 0.1) is 0 Å². The van der Waals surface area contributed by atoms with Crippen molar-refractivity contribution in [1.82, 2.24) is 0 Å². The maximum atomic E-state index is 15.0. The van der Waals surface area contributed by atoms with E-state index < -0.39 is 11.6 Å². The highest BCUT2D eigenvalue weighted by atomic mass is 19.2. The largest absolute Gasteiger partial charge is 0.203 e. The molecule has 0 aromatic heterocycles. The van der Waals surface area contributed by atoms with Gasteiger partial charge in [-0.15, -0.1) is 0 Å². The van der Waals surface area contributed by atoms with Crippen LogP contribution in [0.3, 0.4) is 0 Å². The van der Waals surface area contributed by atoms with E-state index in [4.69, 9.17) is 0 Å². The summed E-state index contributed by atoms with van der Waals surface area (Å²) in [5, 5.41) is 0. The van der Waals surface area contributed by atoms with Gasteiger partial charge in [0.2, 0.25) is 0 Å². The number of halogens is 2. The Morgan fingerprint density at radius 1 is 0.576 bits per heavy atom. The molecule has 0 saturated carbocycles. The Labute approximate surface area is 199 Å². The smallest absolute Gasteiger partial charge is 0.166 e. The Morgan fingerprint density at radius 2 is 1.18 bits per heavy atom. The maximum Gasteiger partial charge on any atom is 0.166 e. The van der Waals surface area contributed by atoms with E-state index in [-0.39, 0.29) is 0 Å². The Hall–Kier alpha value is -2.48. The summed E-state index contributed by atoms with van der Waals surface area (Å²) in [5.41, 5.74) is 3.70. The molecule has 1 unspecified atom stereocenters. The molecule has 2 heteroatoms. The number of unbranched alkanes of at least 4 members (excludes halogenated alkanes) is 3. The van der Waals surface area contributed by atoms with Crippen molar-refractivity contribution in [2.75, 3.05) is 0 Å². The van der Waals surface area contributed by atoms with E-state index in [0.717, 1.165) is 24.0 Å². The molecule has 0 aliphatic heterocycles. The molecule has 0 heterocycles. The van der Waals surface area contributed by atoms with Crippen LogP contribution in [0.2, 0.25) is 0 Å². The van der Waals surface area contributed by atoms with Gasteiger partial charge < -0.3 is 0 Å². The Morgan fingerprint density at radius 3 is 1.88 bits per heavy atom. The zero-order chi connectivity index (χ0) is 23.5. The highest BCUT2D eigenvalue weighted by Gasteiger charge is 2.16. The zero-order valence-corrected chi connectivity index (χ0v) is 20.3. The van der Waals surface area contributed by atoms with E-state index in [9.17, 15) is 8.78 Å². The first-order chi connectivity index (χ1) is 16.1. The van der Waals surface area contributed by atoms with Crippen molar-refractivity contribution in [3.05, 3.63) is 83.9 Å². The summed E-state index contributed by atoms with van der Waals surface area (Å²) in [4.78, 5) is 0. The van der Waals surface area contributed by atoms with Gasteiger partial charge in [-0.2, -0.15) is 0 Å². The summed E-state index contributed by atoms with van der Waals surface area (Å²) in [6, 6.07) is 21.2. The molecule has 176 valence electrons. The van der Waals surface area contributed by atoms with Gasteiger partial charge in [-0.25, -0.2) is 8.78 Å². The predicted octanol–water partition coefficient (Wildman–Crippen LogP) is 10.0. The number of benzene rings is 3. The van der Waals surface area contributed by atoms with Crippen LogP contribution in [0.25, 0.3) is 22.3 Å². The van der Waals surface area contributed by atoms with Crippen LogP contribution < -0.4 is 0 Å². The van der Waals surface area contributed by atoms with Crippen LogP contribution in [0.5, 0.6) is 0 Å². The summed E-state index contributed by atoms with van der Waals surface area (Å²) < 4.78 is 29.8. The van der Waals surface area contributed by atoms with Crippen molar-refractivity contribution in [2.24, 2.45) is 5.92 Å². The van der Waals surface area contributed by atoms with Crippen LogP contribution in [-0.4, -0.2) is 0 Å². The quantitative estimate of drug-likeness (QED) is 0.228. The molecule has 0 radical (unpaired) electrons. The minimum absolute atomic E-state index is 0.330. The first kappa shape index (κ1) is 25.1. The molecule has 0 nitrogen and oxygen atoms in total. The second kappa shape index (κ2) is 13.3. The molecule has 0 bridgehead atoms. The highest BCUT2D eigenvalue weighted by Crippen LogP contribution is 2.30. The average molecular weight is 449 g/mol. The van der Waals surface area contributed by atoms with E-state index in [2.05, 4.69) is 13.8 Å². The lowest BCUT2D eigenvalue weighted by atomic mass is 9.89. The molecular formula is C31H38F2. The molecule has 3 aromatic rings. The van der Waals surface area contributed by atoms with Crippen LogP contribution in [0.1, 0.15) is 77.2 Å². The van der Waals surface area contributed by atoms with Crippen molar-refractivity contribution in [3.8, 4) is 22.3 Å². The Bertz CT molecular complexity index is 960. The van der Waals surface area contributed by atoms with Crippen molar-refractivity contribution >= 4 is 0 Å². The molecule has 0 aliphatic carbocycles. The lowest BCUT2D eigenvalue weighted by Crippen LogP contribution is -2.03. The minimum Gasteiger partial charge on any atom is -0.203 e. The van der Waals surface area contributed by atoms with Crippen molar-refractivity contribution < 1.29 is 8.78 Å². The van der Waals surface area contributed by atoms with Crippen LogP contribution in [-0.2, 0) is 6.42 Å². The normalized spacial score (nSPS) is 12.1. The van der Waals surface area contributed by atoms with Gasteiger partial charge in [-0.05, 0) is 41.0 Å². The molecule has 0 saturated heterocycles. The minimum atomic E-state index is -0.731. The zero-order valence-electron chi connectivity index (χ0n) is 20.3. The summed E-state index contributed by atoms with van der Waals surface area (Å²) >= 11 is 0. The van der Waals surface area contributed by atoms with Crippen LogP contribution in [0.15, 0.2) is 66.7 Å². The Kier molecular flexibility index (Phi) is 10.1. The van der Waals surface area contributed by atoms with Gasteiger partial charge >= 0.3 is 0 Å². The molecule has 3 rings (SSSR count). The molecule has 3 aromatic carbocycles. The van der Waals surface area contributed by atoms with Gasteiger partial charge in [0.25, 0.3) is 0 Å². The van der Waals surface area contributed by atoms with Gasteiger partial charge in [-0.3, -0.25) is 0 Å². The third kappa shape index (κ3) is 7.25. The maximum absolute atomic E-state index is 15.0. The van der Waals surface area contributed by atoms with Gasteiger partial charge in [0.1, 0.15) is 0 Å². The lowest BCUT2D eigenvalue weighted by Gasteiger charge is -2.17. The SMILES string of the molecule is CCCCCC(CCCC)CCCc1ccc(-c2ccc(-c3ccccc3)cc2)c(F)c1F. The van der Waals surface area contributed by atoms with E-state index in [1.165, 1.54) is 44.9 Å².